The van der Waals surface area contributed by atoms with Gasteiger partial charge in [-0.3, -0.25) is 9.36 Å². The van der Waals surface area contributed by atoms with Gasteiger partial charge in [-0.1, -0.05) is 12.1 Å². The first-order chi connectivity index (χ1) is 13.5. The molecular weight excluding hydrogens is 356 g/mol. The van der Waals surface area contributed by atoms with Crippen LogP contribution in [0.2, 0.25) is 0 Å². The Hall–Kier alpha value is -2.83. The van der Waals surface area contributed by atoms with Crippen molar-refractivity contribution >= 4 is 11.9 Å². The Balaban J connectivity index is 1.29. The highest BCUT2D eigenvalue weighted by molar-refractivity contribution is 5.81. The molecule has 1 aromatic carbocycles. The van der Waals surface area contributed by atoms with Gasteiger partial charge in [0.25, 0.3) is 0 Å². The maximum absolute atomic E-state index is 12.5. The number of phenols is 1. The van der Waals surface area contributed by atoms with Crippen LogP contribution in [0.25, 0.3) is 0 Å². The van der Waals surface area contributed by atoms with Gasteiger partial charge in [0.05, 0.1) is 5.69 Å². The summed E-state index contributed by atoms with van der Waals surface area (Å²) in [5.41, 5.74) is 2.65. The molecule has 148 valence electrons. The average molecular weight is 382 g/mol. The van der Waals surface area contributed by atoms with Crippen LogP contribution in [0.1, 0.15) is 42.5 Å². The SMILES string of the molecule is Cc1cc(Cc2cn(C(=O)NC3CCN(C(=O)C4CC4)CC3)cn2)ccc1O. The molecule has 7 heteroatoms. The van der Waals surface area contributed by atoms with E-state index in [9.17, 15) is 14.7 Å². The number of rotatable bonds is 4. The van der Waals surface area contributed by atoms with Crippen LogP contribution < -0.4 is 5.32 Å². The number of aromatic nitrogens is 2. The van der Waals surface area contributed by atoms with Gasteiger partial charge in [0.2, 0.25) is 5.91 Å². The number of phenolic OH excluding ortho intramolecular Hbond substituents is 1. The molecule has 1 saturated carbocycles. The molecule has 2 N–H and O–H groups in total. The lowest BCUT2D eigenvalue weighted by molar-refractivity contribution is -0.133. The summed E-state index contributed by atoms with van der Waals surface area (Å²) < 4.78 is 1.48. The first kappa shape index (κ1) is 18.5. The van der Waals surface area contributed by atoms with Gasteiger partial charge in [-0.25, -0.2) is 9.78 Å². The van der Waals surface area contributed by atoms with Crippen molar-refractivity contribution in [2.24, 2.45) is 5.92 Å². The summed E-state index contributed by atoms with van der Waals surface area (Å²) in [4.78, 5) is 30.9. The second-order valence-corrected chi connectivity index (χ2v) is 7.89. The minimum atomic E-state index is -0.187. The molecule has 0 atom stereocenters. The highest BCUT2D eigenvalue weighted by atomic mass is 16.3. The lowest BCUT2D eigenvalue weighted by Crippen LogP contribution is -2.47. The van der Waals surface area contributed by atoms with Gasteiger partial charge in [-0.15, -0.1) is 0 Å². The van der Waals surface area contributed by atoms with Crippen molar-refractivity contribution in [2.75, 3.05) is 13.1 Å². The highest BCUT2D eigenvalue weighted by Gasteiger charge is 2.35. The largest absolute Gasteiger partial charge is 0.508 e. The number of hydrogen-bond acceptors (Lipinski definition) is 4. The molecule has 1 aromatic heterocycles. The molecule has 0 spiro atoms. The topological polar surface area (TPSA) is 87.5 Å². The third-order valence-corrected chi connectivity index (χ3v) is 5.58. The molecule has 2 heterocycles. The second-order valence-electron chi connectivity index (χ2n) is 7.89. The van der Waals surface area contributed by atoms with Crippen LogP contribution in [0.5, 0.6) is 5.75 Å². The zero-order chi connectivity index (χ0) is 19.7. The number of carbonyl (C=O) groups is 2. The molecule has 2 amide bonds. The summed E-state index contributed by atoms with van der Waals surface area (Å²) in [6, 6.07) is 5.35. The molecule has 28 heavy (non-hydrogen) atoms. The molecule has 2 aromatic rings. The van der Waals surface area contributed by atoms with E-state index in [-0.39, 0.29) is 29.6 Å². The van der Waals surface area contributed by atoms with Gasteiger partial charge in [0.1, 0.15) is 12.1 Å². The Labute approximate surface area is 164 Å². The fraction of sp³-hybridized carbons (Fsp3) is 0.476. The molecule has 0 radical (unpaired) electrons. The van der Waals surface area contributed by atoms with Crippen molar-refractivity contribution in [3.05, 3.63) is 47.5 Å². The van der Waals surface area contributed by atoms with Crippen molar-refractivity contribution in [1.29, 1.82) is 0 Å². The quantitative estimate of drug-likeness (QED) is 0.850. The summed E-state index contributed by atoms with van der Waals surface area (Å²) in [6.07, 6.45) is 7.51. The Morgan fingerprint density at radius 1 is 1.21 bits per heavy atom. The number of aromatic hydroxyl groups is 1. The van der Waals surface area contributed by atoms with E-state index < -0.39 is 0 Å². The van der Waals surface area contributed by atoms with Crippen LogP contribution >= 0.6 is 0 Å². The molecule has 0 bridgehead atoms. The molecule has 2 fully saturated rings. The molecule has 2 aliphatic rings. The highest BCUT2D eigenvalue weighted by Crippen LogP contribution is 2.31. The van der Waals surface area contributed by atoms with Crippen molar-refractivity contribution in [3.8, 4) is 5.75 Å². The van der Waals surface area contributed by atoms with E-state index in [0.29, 0.717) is 6.42 Å². The minimum absolute atomic E-state index is 0.0846. The van der Waals surface area contributed by atoms with E-state index in [1.54, 1.807) is 12.3 Å². The summed E-state index contributed by atoms with van der Waals surface area (Å²) in [5, 5.41) is 12.7. The average Bonchev–Trinajstić information content (AvgIpc) is 3.44. The zero-order valence-corrected chi connectivity index (χ0v) is 16.1. The second kappa shape index (κ2) is 7.66. The lowest BCUT2D eigenvalue weighted by Gasteiger charge is -2.32. The molecule has 7 nitrogen and oxygen atoms in total. The van der Waals surface area contributed by atoms with Crippen molar-refractivity contribution in [2.45, 2.75) is 45.1 Å². The summed E-state index contributed by atoms with van der Waals surface area (Å²) >= 11 is 0. The molecule has 1 aliphatic heterocycles. The third kappa shape index (κ3) is 4.18. The fourth-order valence-electron chi connectivity index (χ4n) is 3.68. The van der Waals surface area contributed by atoms with E-state index >= 15 is 0 Å². The number of likely N-dealkylation sites (tertiary alicyclic amines) is 1. The molecule has 4 rings (SSSR count). The first-order valence-electron chi connectivity index (χ1n) is 9.90. The van der Waals surface area contributed by atoms with Gasteiger partial charge >= 0.3 is 6.03 Å². The number of nitrogens with one attached hydrogen (secondary N) is 1. The normalized spacial score (nSPS) is 17.5. The van der Waals surface area contributed by atoms with E-state index in [4.69, 9.17) is 0 Å². The number of piperidine rings is 1. The zero-order valence-electron chi connectivity index (χ0n) is 16.1. The van der Waals surface area contributed by atoms with E-state index in [1.807, 2.05) is 24.0 Å². The van der Waals surface area contributed by atoms with Crippen LogP contribution in [0.4, 0.5) is 4.79 Å². The maximum atomic E-state index is 12.5. The standard InChI is InChI=1S/C21H26N4O3/c1-14-10-15(2-5-19(14)26)11-18-12-25(13-22-18)21(28)23-17-6-8-24(9-7-17)20(27)16-3-4-16/h2,5,10,12-13,16-17,26H,3-4,6-9,11H2,1H3,(H,23,28). The van der Waals surface area contributed by atoms with Crippen LogP contribution in [-0.2, 0) is 11.2 Å². The van der Waals surface area contributed by atoms with Crippen molar-refractivity contribution < 1.29 is 14.7 Å². The molecule has 0 unspecified atom stereocenters. The molecular formula is C21H26N4O3. The molecule has 1 aliphatic carbocycles. The summed E-state index contributed by atoms with van der Waals surface area (Å²) in [7, 11) is 0. The third-order valence-electron chi connectivity index (χ3n) is 5.58. The summed E-state index contributed by atoms with van der Waals surface area (Å²) in [6.45, 7) is 3.29. The number of hydrogen-bond donors (Lipinski definition) is 2. The van der Waals surface area contributed by atoms with Gasteiger partial charge in [-0.2, -0.15) is 0 Å². The monoisotopic (exact) mass is 382 g/mol. The number of benzene rings is 1. The van der Waals surface area contributed by atoms with Gasteiger partial charge in [-0.05, 0) is 49.8 Å². The van der Waals surface area contributed by atoms with Crippen LogP contribution in [0, 0.1) is 12.8 Å². The van der Waals surface area contributed by atoms with Gasteiger partial charge in [0, 0.05) is 37.7 Å². The molecule has 1 saturated heterocycles. The maximum Gasteiger partial charge on any atom is 0.327 e. The minimum Gasteiger partial charge on any atom is -0.508 e. The Morgan fingerprint density at radius 2 is 1.96 bits per heavy atom. The van der Waals surface area contributed by atoms with Crippen molar-refractivity contribution in [1.82, 2.24) is 19.8 Å². The Morgan fingerprint density at radius 3 is 2.64 bits per heavy atom. The number of imidazole rings is 1. The van der Waals surface area contributed by atoms with Crippen LogP contribution in [-0.4, -0.2) is 50.6 Å². The van der Waals surface area contributed by atoms with Gasteiger partial charge < -0.3 is 15.3 Å². The van der Waals surface area contributed by atoms with Crippen molar-refractivity contribution in [3.63, 3.8) is 0 Å². The smallest absolute Gasteiger partial charge is 0.327 e. The predicted molar refractivity (Wildman–Crippen MR) is 104 cm³/mol. The number of nitrogens with zero attached hydrogens (tertiary/aromatic N) is 3. The first-order valence-corrected chi connectivity index (χ1v) is 9.90. The Bertz CT molecular complexity index is 880. The van der Waals surface area contributed by atoms with Crippen LogP contribution in [0.15, 0.2) is 30.7 Å². The number of aryl methyl sites for hydroxylation is 1. The number of carbonyl (C=O) groups excluding carboxylic acids is 2. The number of amides is 2. The summed E-state index contributed by atoms with van der Waals surface area (Å²) in [5.74, 6) is 0.819. The van der Waals surface area contributed by atoms with Crippen LogP contribution in [0.3, 0.4) is 0 Å². The Kier molecular flexibility index (Phi) is 5.07. The van der Waals surface area contributed by atoms with E-state index in [2.05, 4.69) is 10.3 Å². The van der Waals surface area contributed by atoms with Gasteiger partial charge in [0.15, 0.2) is 0 Å². The van der Waals surface area contributed by atoms with E-state index in [0.717, 1.165) is 55.6 Å². The lowest BCUT2D eigenvalue weighted by atomic mass is 10.0. The fourth-order valence-corrected chi connectivity index (χ4v) is 3.68. The van der Waals surface area contributed by atoms with E-state index in [1.165, 1.54) is 10.9 Å². The predicted octanol–water partition coefficient (Wildman–Crippen LogP) is 2.45.